The Morgan fingerprint density at radius 1 is 1.38 bits per heavy atom. The lowest BCUT2D eigenvalue weighted by molar-refractivity contribution is 0.216. The van der Waals surface area contributed by atoms with E-state index >= 15 is 0 Å². The van der Waals surface area contributed by atoms with E-state index in [9.17, 15) is 0 Å². The number of ether oxygens (including phenoxy) is 2. The summed E-state index contributed by atoms with van der Waals surface area (Å²) in [5.74, 6) is 0. The molecule has 0 fully saturated rings. The fraction of sp³-hybridized carbons (Fsp3) is 0.412. The van der Waals surface area contributed by atoms with Crippen molar-refractivity contribution in [1.82, 2.24) is 0 Å². The summed E-state index contributed by atoms with van der Waals surface area (Å²) in [6, 6.07) is 8.12. The number of benzene rings is 1. The summed E-state index contributed by atoms with van der Waals surface area (Å²) in [4.78, 5) is 0. The zero-order valence-electron chi connectivity index (χ0n) is 12.9. The predicted molar refractivity (Wildman–Crippen MR) is 90.0 cm³/mol. The SMILES string of the molecule is CC.COC/C=C(\c1ccccc1COS)C1CC=CO1. The normalized spacial score (nSPS) is 17.1. The van der Waals surface area contributed by atoms with Gasteiger partial charge in [-0.25, -0.2) is 0 Å². The highest BCUT2D eigenvalue weighted by Crippen LogP contribution is 2.29. The molecule has 0 spiro atoms. The number of hydrogen-bond acceptors (Lipinski definition) is 4. The molecule has 0 N–H and O–H groups in total. The Balaban J connectivity index is 0.00000106. The molecule has 0 saturated heterocycles. The molecule has 1 aliphatic rings. The molecule has 1 aliphatic heterocycles. The maximum absolute atomic E-state index is 5.64. The first-order valence-corrected chi connectivity index (χ1v) is 7.57. The number of methoxy groups -OCH3 is 1. The number of hydrogen-bond donors (Lipinski definition) is 1. The molecule has 2 rings (SSSR count). The third kappa shape index (κ3) is 5.23. The maximum Gasteiger partial charge on any atom is 0.127 e. The van der Waals surface area contributed by atoms with Crippen LogP contribution in [0.1, 0.15) is 31.4 Å². The molecule has 1 atom stereocenters. The van der Waals surface area contributed by atoms with Gasteiger partial charge in [0.05, 0.1) is 19.5 Å². The highest BCUT2D eigenvalue weighted by molar-refractivity contribution is 7.75. The molecule has 1 unspecified atom stereocenters. The molecule has 0 aliphatic carbocycles. The van der Waals surface area contributed by atoms with Crippen molar-refractivity contribution in [3.05, 3.63) is 53.8 Å². The molecule has 0 bridgehead atoms. The summed E-state index contributed by atoms with van der Waals surface area (Å²) in [5, 5.41) is 0. The van der Waals surface area contributed by atoms with Gasteiger partial charge in [0.15, 0.2) is 0 Å². The molecule has 116 valence electrons. The minimum Gasteiger partial charge on any atom is -0.493 e. The van der Waals surface area contributed by atoms with Gasteiger partial charge in [0.1, 0.15) is 6.10 Å². The summed E-state index contributed by atoms with van der Waals surface area (Å²) in [7, 11) is 1.69. The van der Waals surface area contributed by atoms with Crippen molar-refractivity contribution in [1.29, 1.82) is 0 Å². The van der Waals surface area contributed by atoms with Crippen molar-refractivity contribution < 1.29 is 13.7 Å². The highest BCUT2D eigenvalue weighted by atomic mass is 32.1. The number of thiol groups is 1. The van der Waals surface area contributed by atoms with E-state index in [0.717, 1.165) is 23.1 Å². The zero-order chi connectivity index (χ0) is 15.5. The van der Waals surface area contributed by atoms with E-state index in [4.69, 9.17) is 13.7 Å². The Hall–Kier alpha value is -1.23. The summed E-state index contributed by atoms with van der Waals surface area (Å²) in [5.41, 5.74) is 3.35. The first kappa shape index (κ1) is 17.8. The van der Waals surface area contributed by atoms with Gasteiger partial charge in [-0.1, -0.05) is 44.2 Å². The van der Waals surface area contributed by atoms with Crippen LogP contribution in [0.25, 0.3) is 5.57 Å². The topological polar surface area (TPSA) is 27.7 Å². The zero-order valence-corrected chi connectivity index (χ0v) is 13.8. The van der Waals surface area contributed by atoms with Crippen molar-refractivity contribution in [3.63, 3.8) is 0 Å². The van der Waals surface area contributed by atoms with Gasteiger partial charge < -0.3 is 13.7 Å². The van der Waals surface area contributed by atoms with Gasteiger partial charge in [0.2, 0.25) is 0 Å². The van der Waals surface area contributed by atoms with Crippen LogP contribution in [0.15, 0.2) is 42.7 Å². The smallest absolute Gasteiger partial charge is 0.127 e. The monoisotopic (exact) mass is 308 g/mol. The predicted octanol–water partition coefficient (Wildman–Crippen LogP) is 4.41. The average Bonchev–Trinajstić information content (AvgIpc) is 3.06. The minimum absolute atomic E-state index is 0.0521. The van der Waals surface area contributed by atoms with E-state index in [1.165, 1.54) is 0 Å². The number of rotatable bonds is 6. The summed E-state index contributed by atoms with van der Waals surface area (Å²) < 4.78 is 15.8. The van der Waals surface area contributed by atoms with Crippen LogP contribution in [-0.4, -0.2) is 19.8 Å². The summed E-state index contributed by atoms with van der Waals surface area (Å²) in [6.45, 7) is 5.02. The Kier molecular flexibility index (Phi) is 8.90. The first-order chi connectivity index (χ1) is 10.4. The molecular formula is C17H24O3S. The quantitative estimate of drug-likeness (QED) is 0.623. The fourth-order valence-corrected chi connectivity index (χ4v) is 2.31. The molecule has 1 heterocycles. The van der Waals surface area contributed by atoms with Crippen LogP contribution >= 0.6 is 12.9 Å². The molecule has 0 amide bonds. The van der Waals surface area contributed by atoms with E-state index in [1.807, 2.05) is 38.1 Å². The molecular weight excluding hydrogens is 284 g/mol. The maximum atomic E-state index is 5.64. The van der Waals surface area contributed by atoms with Crippen LogP contribution in [0.2, 0.25) is 0 Å². The van der Waals surface area contributed by atoms with Crippen LogP contribution in [0.5, 0.6) is 0 Å². The van der Waals surface area contributed by atoms with Crippen molar-refractivity contribution in [2.75, 3.05) is 13.7 Å². The van der Waals surface area contributed by atoms with Crippen LogP contribution in [0.4, 0.5) is 0 Å². The Bertz CT molecular complexity index is 461. The van der Waals surface area contributed by atoms with E-state index < -0.39 is 0 Å². The van der Waals surface area contributed by atoms with Crippen LogP contribution < -0.4 is 0 Å². The molecule has 3 nitrogen and oxygen atoms in total. The van der Waals surface area contributed by atoms with Gasteiger partial charge in [0.25, 0.3) is 0 Å². The van der Waals surface area contributed by atoms with Crippen molar-refractivity contribution in [2.24, 2.45) is 0 Å². The lowest BCUT2D eigenvalue weighted by Crippen LogP contribution is -2.11. The highest BCUT2D eigenvalue weighted by Gasteiger charge is 2.20. The summed E-state index contributed by atoms with van der Waals surface area (Å²) >= 11 is 3.84. The largest absolute Gasteiger partial charge is 0.493 e. The van der Waals surface area contributed by atoms with Gasteiger partial charge in [-0.3, -0.25) is 0 Å². The molecule has 0 aromatic heterocycles. The van der Waals surface area contributed by atoms with Gasteiger partial charge in [-0.15, -0.1) is 0 Å². The minimum atomic E-state index is 0.0521. The molecule has 21 heavy (non-hydrogen) atoms. The molecule has 0 radical (unpaired) electrons. The second kappa shape index (κ2) is 10.5. The molecule has 4 heteroatoms. The average molecular weight is 308 g/mol. The Labute approximate surface area is 133 Å². The van der Waals surface area contributed by atoms with E-state index in [0.29, 0.717) is 13.2 Å². The third-order valence-electron chi connectivity index (χ3n) is 3.05. The second-order valence-corrected chi connectivity index (χ2v) is 4.54. The molecule has 1 aromatic rings. The van der Waals surface area contributed by atoms with Gasteiger partial charge in [-0.05, 0) is 35.7 Å². The van der Waals surface area contributed by atoms with Crippen molar-refractivity contribution in [3.8, 4) is 0 Å². The standard InChI is InChI=1S/C15H18O3S.C2H6/c1-16-10-8-14(15-7-4-9-17-15)13-6-3-2-5-12(13)11-18-19;1-2/h2-6,8-9,15,19H,7,10-11H2,1H3;1-2H3/b14-8+;. The Morgan fingerprint density at radius 3 is 2.76 bits per heavy atom. The fourth-order valence-electron chi connectivity index (χ4n) is 2.17. The van der Waals surface area contributed by atoms with Crippen LogP contribution in [-0.2, 0) is 20.3 Å². The van der Waals surface area contributed by atoms with Crippen molar-refractivity contribution in [2.45, 2.75) is 33.0 Å². The van der Waals surface area contributed by atoms with E-state index in [2.05, 4.69) is 25.1 Å². The van der Waals surface area contributed by atoms with E-state index in [1.54, 1.807) is 13.4 Å². The lowest BCUT2D eigenvalue weighted by atomic mass is 9.94. The first-order valence-electron chi connectivity index (χ1n) is 7.21. The van der Waals surface area contributed by atoms with Crippen LogP contribution in [0.3, 0.4) is 0 Å². The van der Waals surface area contributed by atoms with Gasteiger partial charge >= 0.3 is 0 Å². The summed E-state index contributed by atoms with van der Waals surface area (Å²) in [6.07, 6.45) is 6.78. The lowest BCUT2D eigenvalue weighted by Gasteiger charge is -2.18. The Morgan fingerprint density at radius 2 is 2.14 bits per heavy atom. The third-order valence-corrected chi connectivity index (χ3v) is 3.18. The molecule has 1 aromatic carbocycles. The van der Waals surface area contributed by atoms with Crippen molar-refractivity contribution >= 4 is 18.5 Å². The van der Waals surface area contributed by atoms with E-state index in [-0.39, 0.29) is 6.10 Å². The van der Waals surface area contributed by atoms with Crippen LogP contribution in [0, 0.1) is 0 Å². The van der Waals surface area contributed by atoms with Gasteiger partial charge in [0, 0.05) is 13.5 Å². The van der Waals surface area contributed by atoms with Gasteiger partial charge in [-0.2, -0.15) is 0 Å². The molecule has 0 saturated carbocycles. The second-order valence-electron chi connectivity index (χ2n) is 4.28.